The Morgan fingerprint density at radius 2 is 1.75 bits per heavy atom. The number of aliphatic hydroxyl groups is 1. The number of benzene rings is 2. The van der Waals surface area contributed by atoms with Gasteiger partial charge in [-0.25, -0.2) is 8.78 Å². The van der Waals surface area contributed by atoms with Gasteiger partial charge in [0.15, 0.2) is 0 Å². The molecule has 104 valence electrons. The average Bonchev–Trinajstić information content (AvgIpc) is 2.45. The van der Waals surface area contributed by atoms with E-state index in [1.807, 2.05) is 30.3 Å². The second-order valence-electron chi connectivity index (χ2n) is 4.26. The molecule has 0 saturated carbocycles. The van der Waals surface area contributed by atoms with E-state index < -0.39 is 23.3 Å². The molecule has 1 unspecified atom stereocenters. The van der Waals surface area contributed by atoms with Gasteiger partial charge in [0, 0.05) is 12.1 Å². The molecule has 0 radical (unpaired) electrons. The van der Waals surface area contributed by atoms with Gasteiger partial charge in [0.05, 0.1) is 5.56 Å². The number of aliphatic hydroxyl groups excluding tert-OH is 1. The molecule has 0 aromatic heterocycles. The van der Waals surface area contributed by atoms with Gasteiger partial charge >= 0.3 is 0 Å². The van der Waals surface area contributed by atoms with Crippen molar-refractivity contribution in [2.75, 3.05) is 0 Å². The maximum atomic E-state index is 13.7. The lowest BCUT2D eigenvalue weighted by molar-refractivity contribution is 0.216. The van der Waals surface area contributed by atoms with E-state index in [-0.39, 0.29) is 12.4 Å². The minimum atomic E-state index is -1.38. The number of ether oxygens (including phenoxy) is 1. The second kappa shape index (κ2) is 6.30. The highest BCUT2D eigenvalue weighted by atomic mass is 19.1. The van der Waals surface area contributed by atoms with Crippen molar-refractivity contribution in [1.82, 2.24) is 0 Å². The Labute approximate surface area is 115 Å². The Balaban J connectivity index is 2.16. The molecule has 2 rings (SSSR count). The SMILES string of the molecule is C=CC(O)c1c(F)cc(OCc2ccccc2)cc1F. The summed E-state index contributed by atoms with van der Waals surface area (Å²) in [5, 5.41) is 9.45. The summed E-state index contributed by atoms with van der Waals surface area (Å²) in [4.78, 5) is 0. The van der Waals surface area contributed by atoms with Crippen LogP contribution in [0.3, 0.4) is 0 Å². The minimum Gasteiger partial charge on any atom is -0.489 e. The van der Waals surface area contributed by atoms with Gasteiger partial charge in [-0.3, -0.25) is 0 Å². The van der Waals surface area contributed by atoms with Crippen LogP contribution in [0, 0.1) is 11.6 Å². The maximum absolute atomic E-state index is 13.7. The highest BCUT2D eigenvalue weighted by Gasteiger charge is 2.17. The molecule has 20 heavy (non-hydrogen) atoms. The molecule has 4 heteroatoms. The molecule has 2 aromatic carbocycles. The number of hydrogen-bond donors (Lipinski definition) is 1. The van der Waals surface area contributed by atoms with Crippen molar-refractivity contribution in [2.45, 2.75) is 12.7 Å². The molecular weight excluding hydrogens is 262 g/mol. The van der Waals surface area contributed by atoms with Gasteiger partial charge in [-0.05, 0) is 5.56 Å². The van der Waals surface area contributed by atoms with Crippen LogP contribution in [0.4, 0.5) is 8.78 Å². The summed E-state index contributed by atoms with van der Waals surface area (Å²) in [6.07, 6.45) is -0.315. The summed E-state index contributed by atoms with van der Waals surface area (Å²) in [5.41, 5.74) is 0.468. The van der Waals surface area contributed by atoms with Gasteiger partial charge in [-0.1, -0.05) is 36.4 Å². The molecule has 0 amide bonds. The van der Waals surface area contributed by atoms with Crippen LogP contribution >= 0.6 is 0 Å². The normalized spacial score (nSPS) is 11.9. The third-order valence-electron chi connectivity index (χ3n) is 2.82. The first-order valence-corrected chi connectivity index (χ1v) is 6.08. The van der Waals surface area contributed by atoms with Crippen LogP contribution in [0.15, 0.2) is 55.1 Å². The van der Waals surface area contributed by atoms with E-state index >= 15 is 0 Å². The lowest BCUT2D eigenvalue weighted by Crippen LogP contribution is -2.03. The molecule has 0 spiro atoms. The molecule has 2 aromatic rings. The molecule has 0 aliphatic rings. The summed E-state index contributed by atoms with van der Waals surface area (Å²) < 4.78 is 32.8. The van der Waals surface area contributed by atoms with E-state index in [0.29, 0.717) is 0 Å². The average molecular weight is 276 g/mol. The van der Waals surface area contributed by atoms with Crippen LogP contribution in [-0.2, 0) is 6.61 Å². The lowest BCUT2D eigenvalue weighted by Gasteiger charge is -2.12. The van der Waals surface area contributed by atoms with Crippen LogP contribution in [-0.4, -0.2) is 5.11 Å². The van der Waals surface area contributed by atoms with Crippen molar-refractivity contribution in [3.63, 3.8) is 0 Å². The fraction of sp³-hybridized carbons (Fsp3) is 0.125. The molecular formula is C16H14F2O2. The van der Waals surface area contributed by atoms with Crippen LogP contribution in [0.5, 0.6) is 5.75 Å². The van der Waals surface area contributed by atoms with E-state index in [1.165, 1.54) is 0 Å². The number of hydrogen-bond acceptors (Lipinski definition) is 2. The summed E-state index contributed by atoms with van der Waals surface area (Å²) >= 11 is 0. The standard InChI is InChI=1S/C16H14F2O2/c1-2-15(19)16-13(17)8-12(9-14(16)18)20-10-11-6-4-3-5-7-11/h2-9,15,19H,1,10H2. The van der Waals surface area contributed by atoms with Crippen molar-refractivity contribution in [3.8, 4) is 5.75 Å². The minimum absolute atomic E-state index is 0.0730. The van der Waals surface area contributed by atoms with Gasteiger partial charge < -0.3 is 9.84 Å². The van der Waals surface area contributed by atoms with Gasteiger partial charge in [0.2, 0.25) is 0 Å². The summed E-state index contributed by atoms with van der Waals surface area (Å²) in [5.74, 6) is -1.65. The fourth-order valence-corrected chi connectivity index (χ4v) is 1.79. The van der Waals surface area contributed by atoms with Crippen LogP contribution in [0.2, 0.25) is 0 Å². The van der Waals surface area contributed by atoms with Gasteiger partial charge in [0.1, 0.15) is 30.1 Å². The first-order chi connectivity index (χ1) is 9.61. The molecule has 1 N–H and O–H groups in total. The van der Waals surface area contributed by atoms with Crippen molar-refractivity contribution >= 4 is 0 Å². The molecule has 0 aliphatic heterocycles. The van der Waals surface area contributed by atoms with Crippen LogP contribution in [0.1, 0.15) is 17.2 Å². The Bertz CT molecular complexity index is 574. The van der Waals surface area contributed by atoms with E-state index in [9.17, 15) is 13.9 Å². The summed E-state index contributed by atoms with van der Waals surface area (Å²) in [6.45, 7) is 3.51. The second-order valence-corrected chi connectivity index (χ2v) is 4.26. The van der Waals surface area contributed by atoms with Crippen molar-refractivity contribution < 1.29 is 18.6 Å². The smallest absolute Gasteiger partial charge is 0.135 e. The molecule has 0 aliphatic carbocycles. The van der Waals surface area contributed by atoms with E-state index in [0.717, 1.165) is 23.8 Å². The Hall–Kier alpha value is -2.20. The molecule has 2 nitrogen and oxygen atoms in total. The Morgan fingerprint density at radius 3 is 2.30 bits per heavy atom. The van der Waals surface area contributed by atoms with Crippen molar-refractivity contribution in [2.24, 2.45) is 0 Å². The third kappa shape index (κ3) is 3.22. The maximum Gasteiger partial charge on any atom is 0.135 e. The zero-order chi connectivity index (χ0) is 14.5. The first-order valence-electron chi connectivity index (χ1n) is 6.08. The summed E-state index contributed by atoms with van der Waals surface area (Å²) in [7, 11) is 0. The fourth-order valence-electron chi connectivity index (χ4n) is 1.79. The predicted octanol–water partition coefficient (Wildman–Crippen LogP) is 3.76. The first kappa shape index (κ1) is 14.2. The van der Waals surface area contributed by atoms with Crippen molar-refractivity contribution in [3.05, 3.63) is 77.9 Å². The molecule has 0 saturated heterocycles. The zero-order valence-electron chi connectivity index (χ0n) is 10.7. The Kier molecular flexibility index (Phi) is 4.48. The monoisotopic (exact) mass is 276 g/mol. The van der Waals surface area contributed by atoms with E-state index in [2.05, 4.69) is 6.58 Å². The van der Waals surface area contributed by atoms with Crippen LogP contribution in [0.25, 0.3) is 0 Å². The number of halogens is 2. The largest absolute Gasteiger partial charge is 0.489 e. The molecule has 0 bridgehead atoms. The number of rotatable bonds is 5. The van der Waals surface area contributed by atoms with Crippen molar-refractivity contribution in [1.29, 1.82) is 0 Å². The van der Waals surface area contributed by atoms with Gasteiger partial charge in [-0.2, -0.15) is 0 Å². The molecule has 0 fully saturated rings. The third-order valence-corrected chi connectivity index (χ3v) is 2.82. The van der Waals surface area contributed by atoms with Gasteiger partial charge in [0.25, 0.3) is 0 Å². The predicted molar refractivity (Wildman–Crippen MR) is 72.3 cm³/mol. The zero-order valence-corrected chi connectivity index (χ0v) is 10.7. The van der Waals surface area contributed by atoms with E-state index in [4.69, 9.17) is 4.74 Å². The lowest BCUT2D eigenvalue weighted by atomic mass is 10.1. The quantitative estimate of drug-likeness (QED) is 0.842. The Morgan fingerprint density at radius 1 is 1.15 bits per heavy atom. The topological polar surface area (TPSA) is 29.5 Å². The van der Waals surface area contributed by atoms with E-state index in [1.54, 1.807) is 0 Å². The molecule has 0 heterocycles. The molecule has 1 atom stereocenters. The van der Waals surface area contributed by atoms with Gasteiger partial charge in [-0.15, -0.1) is 6.58 Å². The van der Waals surface area contributed by atoms with Crippen LogP contribution < -0.4 is 4.74 Å². The summed E-state index contributed by atoms with van der Waals surface area (Å²) in [6, 6.07) is 11.4. The highest BCUT2D eigenvalue weighted by Crippen LogP contribution is 2.26. The highest BCUT2D eigenvalue weighted by molar-refractivity contribution is 5.33.